The topological polar surface area (TPSA) is 24.5 Å². The van der Waals surface area contributed by atoms with Gasteiger partial charge in [-0.1, -0.05) is 31.9 Å². The summed E-state index contributed by atoms with van der Waals surface area (Å²) in [5.74, 6) is 3.57. The van der Waals surface area contributed by atoms with Crippen molar-refractivity contribution in [2.45, 2.75) is 20.4 Å². The van der Waals surface area contributed by atoms with Gasteiger partial charge in [-0.05, 0) is 30.8 Å². The molecule has 0 heterocycles. The quantitative estimate of drug-likeness (QED) is 0.688. The summed E-state index contributed by atoms with van der Waals surface area (Å²) in [6, 6.07) is 8.22. The van der Waals surface area contributed by atoms with Gasteiger partial charge in [0.15, 0.2) is 0 Å². The Hall–Kier alpha value is -1.50. The normalized spacial score (nSPS) is 10.4. The molecule has 1 aromatic rings. The van der Waals surface area contributed by atoms with Crippen LogP contribution in [0.15, 0.2) is 24.3 Å². The third kappa shape index (κ3) is 6.28. The van der Waals surface area contributed by atoms with Crippen molar-refractivity contribution < 1.29 is 4.74 Å². The monoisotopic (exact) mass is 260 g/mol. The molecule has 0 fully saturated rings. The van der Waals surface area contributed by atoms with Crippen LogP contribution in [0, 0.1) is 12.3 Å². The molecular formula is C16H24N2O. The van der Waals surface area contributed by atoms with Crippen molar-refractivity contribution in [1.82, 2.24) is 10.2 Å². The Labute approximate surface area is 117 Å². The highest BCUT2D eigenvalue weighted by Gasteiger charge is 2.00. The van der Waals surface area contributed by atoms with Gasteiger partial charge in [0.05, 0.1) is 6.54 Å². The maximum absolute atomic E-state index is 5.71. The summed E-state index contributed by atoms with van der Waals surface area (Å²) in [5, 5.41) is 3.30. The number of likely N-dealkylation sites (N-methyl/N-ethyl adjacent to an activating group) is 1. The molecular weight excluding hydrogens is 236 g/mol. The molecule has 1 aromatic carbocycles. The lowest BCUT2D eigenvalue weighted by Crippen LogP contribution is -2.28. The van der Waals surface area contributed by atoms with Gasteiger partial charge in [-0.15, -0.1) is 6.42 Å². The number of hydrogen-bond donors (Lipinski definition) is 1. The lowest BCUT2D eigenvalue weighted by molar-refractivity contribution is 0.231. The second kappa shape index (κ2) is 9.43. The summed E-state index contributed by atoms with van der Waals surface area (Å²) < 4.78 is 5.71. The molecule has 0 aromatic heterocycles. The van der Waals surface area contributed by atoms with Crippen LogP contribution in [0.1, 0.15) is 19.4 Å². The Balaban J connectivity index is 2.31. The van der Waals surface area contributed by atoms with Crippen LogP contribution in [0.3, 0.4) is 0 Å². The molecule has 0 saturated carbocycles. The lowest BCUT2D eigenvalue weighted by atomic mass is 10.2. The third-order valence-electron chi connectivity index (χ3n) is 2.94. The minimum absolute atomic E-state index is 0.669. The molecule has 19 heavy (non-hydrogen) atoms. The van der Waals surface area contributed by atoms with Crippen LogP contribution in [0.4, 0.5) is 0 Å². The van der Waals surface area contributed by atoms with Gasteiger partial charge in [0.1, 0.15) is 12.4 Å². The largest absolute Gasteiger partial charge is 0.492 e. The molecule has 0 unspecified atom stereocenters. The summed E-state index contributed by atoms with van der Waals surface area (Å²) >= 11 is 0. The van der Waals surface area contributed by atoms with E-state index in [1.54, 1.807) is 0 Å². The van der Waals surface area contributed by atoms with E-state index >= 15 is 0 Å². The first kappa shape index (κ1) is 15.6. The maximum Gasteiger partial charge on any atom is 0.119 e. The van der Waals surface area contributed by atoms with Crippen molar-refractivity contribution in [3.05, 3.63) is 29.8 Å². The van der Waals surface area contributed by atoms with E-state index in [9.17, 15) is 0 Å². The summed E-state index contributed by atoms with van der Waals surface area (Å²) in [7, 11) is 0. The fourth-order valence-electron chi connectivity index (χ4n) is 1.74. The SMILES string of the molecule is C#CCN(CC)CCOc1ccc(CNCC)cc1. The van der Waals surface area contributed by atoms with Gasteiger partial charge < -0.3 is 10.1 Å². The predicted octanol–water partition coefficient (Wildman–Crippen LogP) is 2.13. The predicted molar refractivity (Wildman–Crippen MR) is 80.3 cm³/mol. The maximum atomic E-state index is 5.71. The van der Waals surface area contributed by atoms with Crippen LogP contribution >= 0.6 is 0 Å². The van der Waals surface area contributed by atoms with Crippen LogP contribution in [-0.4, -0.2) is 37.7 Å². The summed E-state index contributed by atoms with van der Waals surface area (Å²) in [5.41, 5.74) is 1.27. The van der Waals surface area contributed by atoms with Crippen LogP contribution in [0.25, 0.3) is 0 Å². The van der Waals surface area contributed by atoms with Gasteiger partial charge >= 0.3 is 0 Å². The first-order valence-corrected chi connectivity index (χ1v) is 6.88. The molecule has 0 saturated heterocycles. The zero-order valence-electron chi connectivity index (χ0n) is 12.0. The molecule has 0 atom stereocenters. The van der Waals surface area contributed by atoms with E-state index in [-0.39, 0.29) is 0 Å². The average molecular weight is 260 g/mol. The average Bonchev–Trinajstić information content (AvgIpc) is 2.45. The smallest absolute Gasteiger partial charge is 0.119 e. The Morgan fingerprint density at radius 2 is 2.00 bits per heavy atom. The molecule has 0 amide bonds. The number of benzene rings is 1. The van der Waals surface area contributed by atoms with Crippen molar-refractivity contribution in [3.8, 4) is 18.1 Å². The van der Waals surface area contributed by atoms with E-state index in [4.69, 9.17) is 11.2 Å². The molecule has 0 aliphatic heterocycles. The molecule has 0 bridgehead atoms. The molecule has 3 nitrogen and oxygen atoms in total. The first-order valence-electron chi connectivity index (χ1n) is 6.88. The van der Waals surface area contributed by atoms with E-state index in [1.807, 2.05) is 12.1 Å². The molecule has 0 spiro atoms. The van der Waals surface area contributed by atoms with Gasteiger partial charge in [0.25, 0.3) is 0 Å². The van der Waals surface area contributed by atoms with E-state index in [0.717, 1.165) is 31.9 Å². The third-order valence-corrected chi connectivity index (χ3v) is 2.94. The van der Waals surface area contributed by atoms with Crippen LogP contribution < -0.4 is 10.1 Å². The van der Waals surface area contributed by atoms with Crippen molar-refractivity contribution in [2.75, 3.05) is 32.8 Å². The first-order chi connectivity index (χ1) is 9.30. The van der Waals surface area contributed by atoms with Crippen molar-refractivity contribution >= 4 is 0 Å². The van der Waals surface area contributed by atoms with Crippen molar-refractivity contribution in [2.24, 2.45) is 0 Å². The van der Waals surface area contributed by atoms with E-state index in [0.29, 0.717) is 13.2 Å². The van der Waals surface area contributed by atoms with Gasteiger partial charge in [-0.2, -0.15) is 0 Å². The lowest BCUT2D eigenvalue weighted by Gasteiger charge is -2.17. The Kier molecular flexibility index (Phi) is 7.72. The van der Waals surface area contributed by atoms with Crippen molar-refractivity contribution in [3.63, 3.8) is 0 Å². The molecule has 104 valence electrons. The molecule has 0 aliphatic carbocycles. The molecule has 0 aliphatic rings. The highest BCUT2D eigenvalue weighted by atomic mass is 16.5. The molecule has 3 heteroatoms. The minimum atomic E-state index is 0.669. The number of nitrogens with zero attached hydrogens (tertiary/aromatic N) is 1. The summed E-state index contributed by atoms with van der Waals surface area (Å²) in [6.07, 6.45) is 5.31. The zero-order chi connectivity index (χ0) is 13.9. The minimum Gasteiger partial charge on any atom is -0.492 e. The fraction of sp³-hybridized carbons (Fsp3) is 0.500. The van der Waals surface area contributed by atoms with Crippen LogP contribution in [-0.2, 0) is 6.54 Å². The molecule has 1 rings (SSSR count). The number of ether oxygens (including phenoxy) is 1. The second-order valence-electron chi connectivity index (χ2n) is 4.35. The van der Waals surface area contributed by atoms with Crippen molar-refractivity contribution in [1.29, 1.82) is 0 Å². The standard InChI is InChI=1S/C16H24N2O/c1-4-11-18(6-3)12-13-19-16-9-7-15(8-10-16)14-17-5-2/h1,7-10,17H,5-6,11-14H2,2-3H3. The highest BCUT2D eigenvalue weighted by molar-refractivity contribution is 5.27. The molecule has 0 radical (unpaired) electrons. The van der Waals surface area contributed by atoms with E-state index in [1.165, 1.54) is 5.56 Å². The van der Waals surface area contributed by atoms with Gasteiger partial charge in [-0.3, -0.25) is 4.90 Å². The number of rotatable bonds is 9. The Morgan fingerprint density at radius 1 is 1.26 bits per heavy atom. The van der Waals surface area contributed by atoms with Crippen LogP contribution in [0.2, 0.25) is 0 Å². The number of terminal acetylenes is 1. The Bertz CT molecular complexity index is 381. The summed E-state index contributed by atoms with van der Waals surface area (Å²) in [4.78, 5) is 2.18. The van der Waals surface area contributed by atoms with E-state index in [2.05, 4.69) is 42.1 Å². The number of nitrogens with one attached hydrogen (secondary N) is 1. The van der Waals surface area contributed by atoms with Gasteiger partial charge in [-0.25, -0.2) is 0 Å². The van der Waals surface area contributed by atoms with E-state index < -0.39 is 0 Å². The summed E-state index contributed by atoms with van der Waals surface area (Å²) in [6.45, 7) is 9.27. The zero-order valence-corrected chi connectivity index (χ0v) is 12.0. The highest BCUT2D eigenvalue weighted by Crippen LogP contribution is 2.12. The van der Waals surface area contributed by atoms with Crippen LogP contribution in [0.5, 0.6) is 5.75 Å². The van der Waals surface area contributed by atoms with Gasteiger partial charge in [0, 0.05) is 13.1 Å². The van der Waals surface area contributed by atoms with Gasteiger partial charge in [0.2, 0.25) is 0 Å². The fourth-order valence-corrected chi connectivity index (χ4v) is 1.74. The molecule has 1 N–H and O–H groups in total. The Morgan fingerprint density at radius 3 is 2.58 bits per heavy atom. The number of hydrogen-bond acceptors (Lipinski definition) is 3. The second-order valence-corrected chi connectivity index (χ2v) is 4.35.